The topological polar surface area (TPSA) is 44.1 Å². The molecule has 1 aliphatic heterocycles. The summed E-state index contributed by atoms with van der Waals surface area (Å²) >= 11 is 0. The molecule has 1 unspecified atom stereocenters. The number of carbonyl (C=O) groups is 1. The highest BCUT2D eigenvalue weighted by atomic mass is 16.2. The molecule has 1 fully saturated rings. The number of hydrogen-bond donors (Lipinski definition) is 0. The van der Waals surface area contributed by atoms with Crippen molar-refractivity contribution in [3.8, 4) is 6.07 Å². The Labute approximate surface area is 98.4 Å². The summed E-state index contributed by atoms with van der Waals surface area (Å²) in [7, 11) is 0. The molecule has 1 aliphatic rings. The molecular formula is C13H22N2O. The summed E-state index contributed by atoms with van der Waals surface area (Å²) in [6.45, 7) is 7.65. The van der Waals surface area contributed by atoms with E-state index in [9.17, 15) is 4.79 Å². The maximum atomic E-state index is 11.8. The maximum absolute atomic E-state index is 11.8. The fourth-order valence-corrected chi connectivity index (χ4v) is 1.88. The van der Waals surface area contributed by atoms with Crippen molar-refractivity contribution in [2.75, 3.05) is 13.1 Å². The van der Waals surface area contributed by atoms with Crippen LogP contribution in [0.2, 0.25) is 0 Å². The Morgan fingerprint density at radius 2 is 2.19 bits per heavy atom. The third kappa shape index (κ3) is 3.84. The molecule has 16 heavy (non-hydrogen) atoms. The second kappa shape index (κ2) is 5.34. The molecule has 3 nitrogen and oxygen atoms in total. The SMILES string of the molecule is CC1CCC(=O)N(CCC(C)(C)C#N)CC1. The zero-order valence-electron chi connectivity index (χ0n) is 10.6. The zero-order chi connectivity index (χ0) is 12.2. The smallest absolute Gasteiger partial charge is 0.222 e. The van der Waals surface area contributed by atoms with Gasteiger partial charge in [-0.1, -0.05) is 6.92 Å². The maximum Gasteiger partial charge on any atom is 0.222 e. The minimum absolute atomic E-state index is 0.262. The van der Waals surface area contributed by atoms with E-state index in [1.165, 1.54) is 0 Å². The molecule has 90 valence electrons. The largest absolute Gasteiger partial charge is 0.343 e. The van der Waals surface area contributed by atoms with Crippen molar-refractivity contribution in [2.24, 2.45) is 11.3 Å². The molecule has 0 bridgehead atoms. The monoisotopic (exact) mass is 222 g/mol. The molecule has 1 rings (SSSR count). The molecule has 0 aromatic heterocycles. The standard InChI is InChI=1S/C13H22N2O/c1-11-4-5-12(16)15(8-6-11)9-7-13(2,3)10-14/h11H,4-9H2,1-3H3. The first-order valence-corrected chi connectivity index (χ1v) is 6.13. The van der Waals surface area contributed by atoms with Crippen LogP contribution in [0.1, 0.15) is 46.5 Å². The lowest BCUT2D eigenvalue weighted by Gasteiger charge is -2.24. The Morgan fingerprint density at radius 3 is 2.81 bits per heavy atom. The quantitative estimate of drug-likeness (QED) is 0.736. The van der Waals surface area contributed by atoms with Crippen molar-refractivity contribution < 1.29 is 4.79 Å². The molecule has 3 heteroatoms. The zero-order valence-corrected chi connectivity index (χ0v) is 10.6. The lowest BCUT2D eigenvalue weighted by molar-refractivity contribution is -0.130. The first-order chi connectivity index (χ1) is 7.44. The van der Waals surface area contributed by atoms with Crippen molar-refractivity contribution in [1.29, 1.82) is 5.26 Å². The molecule has 1 amide bonds. The van der Waals surface area contributed by atoms with E-state index in [0.717, 1.165) is 32.4 Å². The highest BCUT2D eigenvalue weighted by Crippen LogP contribution is 2.22. The molecule has 0 spiro atoms. The summed E-state index contributed by atoms with van der Waals surface area (Å²) in [4.78, 5) is 13.7. The third-order valence-corrected chi connectivity index (χ3v) is 3.40. The van der Waals surface area contributed by atoms with Crippen LogP contribution in [0.3, 0.4) is 0 Å². The Kier molecular flexibility index (Phi) is 4.35. The second-order valence-corrected chi connectivity index (χ2v) is 5.56. The molecule has 1 heterocycles. The van der Waals surface area contributed by atoms with Gasteiger partial charge in [-0.05, 0) is 39.0 Å². The fourth-order valence-electron chi connectivity index (χ4n) is 1.88. The average Bonchev–Trinajstić information content (AvgIpc) is 2.40. The second-order valence-electron chi connectivity index (χ2n) is 5.56. The minimum Gasteiger partial charge on any atom is -0.343 e. The molecule has 0 radical (unpaired) electrons. The van der Waals surface area contributed by atoms with Crippen molar-refractivity contribution in [3.63, 3.8) is 0 Å². The van der Waals surface area contributed by atoms with Gasteiger partial charge in [0.1, 0.15) is 0 Å². The van der Waals surface area contributed by atoms with Gasteiger partial charge in [-0.3, -0.25) is 4.79 Å². The summed E-state index contributed by atoms with van der Waals surface area (Å²) < 4.78 is 0. The number of nitriles is 1. The Bertz CT molecular complexity index is 291. The van der Waals surface area contributed by atoms with Gasteiger partial charge in [-0.2, -0.15) is 5.26 Å². The van der Waals surface area contributed by atoms with Gasteiger partial charge >= 0.3 is 0 Å². The van der Waals surface area contributed by atoms with Gasteiger partial charge in [0.25, 0.3) is 0 Å². The average molecular weight is 222 g/mol. The molecule has 0 aliphatic carbocycles. The van der Waals surface area contributed by atoms with Crippen molar-refractivity contribution in [2.45, 2.75) is 46.5 Å². The molecule has 0 saturated carbocycles. The number of carbonyl (C=O) groups excluding carboxylic acids is 1. The van der Waals surface area contributed by atoms with Crippen LogP contribution >= 0.6 is 0 Å². The summed E-state index contributed by atoms with van der Waals surface area (Å²) in [6, 6.07) is 2.28. The molecular weight excluding hydrogens is 200 g/mol. The van der Waals surface area contributed by atoms with Gasteiger partial charge in [0.05, 0.1) is 11.5 Å². The number of hydrogen-bond acceptors (Lipinski definition) is 2. The summed E-state index contributed by atoms with van der Waals surface area (Å²) in [5.74, 6) is 0.913. The van der Waals surface area contributed by atoms with E-state index < -0.39 is 0 Å². The summed E-state index contributed by atoms with van der Waals surface area (Å²) in [6.07, 6.45) is 3.55. The van der Waals surface area contributed by atoms with E-state index in [0.29, 0.717) is 12.3 Å². The van der Waals surface area contributed by atoms with Gasteiger partial charge in [0, 0.05) is 19.5 Å². The van der Waals surface area contributed by atoms with Crippen LogP contribution in [0, 0.1) is 22.7 Å². The van der Waals surface area contributed by atoms with Crippen LogP contribution in [0.4, 0.5) is 0 Å². The van der Waals surface area contributed by atoms with E-state index in [-0.39, 0.29) is 11.3 Å². The van der Waals surface area contributed by atoms with Gasteiger partial charge in [-0.25, -0.2) is 0 Å². The van der Waals surface area contributed by atoms with E-state index in [2.05, 4.69) is 13.0 Å². The van der Waals surface area contributed by atoms with Crippen LogP contribution in [0.25, 0.3) is 0 Å². The Morgan fingerprint density at radius 1 is 1.50 bits per heavy atom. The highest BCUT2D eigenvalue weighted by molar-refractivity contribution is 5.76. The first kappa shape index (κ1) is 13.0. The van der Waals surface area contributed by atoms with Gasteiger partial charge in [0.15, 0.2) is 0 Å². The third-order valence-electron chi connectivity index (χ3n) is 3.40. The fraction of sp³-hybridized carbons (Fsp3) is 0.846. The predicted molar refractivity (Wildman–Crippen MR) is 63.6 cm³/mol. The predicted octanol–water partition coefficient (Wildman–Crippen LogP) is 2.57. The van der Waals surface area contributed by atoms with E-state index in [1.807, 2.05) is 18.7 Å². The van der Waals surface area contributed by atoms with Gasteiger partial charge in [-0.15, -0.1) is 0 Å². The van der Waals surface area contributed by atoms with Crippen LogP contribution < -0.4 is 0 Å². The highest BCUT2D eigenvalue weighted by Gasteiger charge is 2.23. The normalized spacial score (nSPS) is 22.8. The Balaban J connectivity index is 2.47. The van der Waals surface area contributed by atoms with Crippen molar-refractivity contribution in [1.82, 2.24) is 4.90 Å². The first-order valence-electron chi connectivity index (χ1n) is 6.13. The van der Waals surface area contributed by atoms with Crippen molar-refractivity contribution >= 4 is 5.91 Å². The Hall–Kier alpha value is -1.04. The molecule has 1 saturated heterocycles. The van der Waals surface area contributed by atoms with E-state index >= 15 is 0 Å². The van der Waals surface area contributed by atoms with Crippen LogP contribution in [0.5, 0.6) is 0 Å². The minimum atomic E-state index is -0.321. The lowest BCUT2D eigenvalue weighted by Crippen LogP contribution is -2.33. The van der Waals surface area contributed by atoms with Crippen LogP contribution in [0.15, 0.2) is 0 Å². The van der Waals surface area contributed by atoms with Crippen LogP contribution in [-0.2, 0) is 4.79 Å². The molecule has 1 atom stereocenters. The molecule has 0 N–H and O–H groups in total. The number of rotatable bonds is 3. The van der Waals surface area contributed by atoms with Gasteiger partial charge < -0.3 is 4.90 Å². The molecule has 0 aromatic carbocycles. The number of amides is 1. The summed E-state index contributed by atoms with van der Waals surface area (Å²) in [5.41, 5.74) is -0.321. The number of nitrogens with zero attached hydrogens (tertiary/aromatic N) is 2. The van der Waals surface area contributed by atoms with Crippen molar-refractivity contribution in [3.05, 3.63) is 0 Å². The van der Waals surface area contributed by atoms with E-state index in [4.69, 9.17) is 5.26 Å². The lowest BCUT2D eigenvalue weighted by atomic mass is 9.91. The van der Waals surface area contributed by atoms with E-state index in [1.54, 1.807) is 0 Å². The molecule has 0 aromatic rings. The summed E-state index contributed by atoms with van der Waals surface area (Å²) in [5, 5.41) is 8.93. The van der Waals surface area contributed by atoms with Crippen LogP contribution in [-0.4, -0.2) is 23.9 Å². The van der Waals surface area contributed by atoms with Gasteiger partial charge in [0.2, 0.25) is 5.91 Å². The number of likely N-dealkylation sites (tertiary alicyclic amines) is 1.